The molecule has 1 aromatic rings. The number of hydrogen-bond acceptors (Lipinski definition) is 3. The largest absolute Gasteiger partial charge is 0.328 e. The van der Waals surface area contributed by atoms with Gasteiger partial charge in [-0.1, -0.05) is 26.2 Å². The van der Waals surface area contributed by atoms with E-state index in [-0.39, 0.29) is 11.3 Å². The molecule has 2 unspecified atom stereocenters. The van der Waals surface area contributed by atoms with Crippen molar-refractivity contribution in [3.63, 3.8) is 0 Å². The van der Waals surface area contributed by atoms with E-state index in [0.29, 0.717) is 12.5 Å². The molecule has 2 atom stereocenters. The van der Waals surface area contributed by atoms with Gasteiger partial charge in [0.25, 0.3) is 5.56 Å². The Kier molecular flexibility index (Phi) is 4.57. The van der Waals surface area contributed by atoms with E-state index in [2.05, 4.69) is 11.9 Å². The van der Waals surface area contributed by atoms with Gasteiger partial charge in [0.15, 0.2) is 5.78 Å². The highest BCUT2D eigenvalue weighted by molar-refractivity contribution is 5.93. The molecule has 1 saturated carbocycles. The summed E-state index contributed by atoms with van der Waals surface area (Å²) in [5.41, 5.74) is -0.837. The summed E-state index contributed by atoms with van der Waals surface area (Å²) < 4.78 is 1.16. The molecule has 110 valence electrons. The van der Waals surface area contributed by atoms with Gasteiger partial charge in [-0.05, 0) is 31.6 Å². The summed E-state index contributed by atoms with van der Waals surface area (Å²) in [4.78, 5) is 37.7. The minimum atomic E-state index is -0.467. The molecule has 0 radical (unpaired) electrons. The van der Waals surface area contributed by atoms with E-state index in [0.717, 1.165) is 16.9 Å². The van der Waals surface area contributed by atoms with Gasteiger partial charge in [-0.15, -0.1) is 0 Å². The minimum Gasteiger partial charge on any atom is -0.313 e. The fourth-order valence-electron chi connectivity index (χ4n) is 3.10. The average Bonchev–Trinajstić information content (AvgIpc) is 2.38. The van der Waals surface area contributed by atoms with Crippen LogP contribution in [0.1, 0.15) is 56.3 Å². The van der Waals surface area contributed by atoms with Gasteiger partial charge in [-0.2, -0.15) is 0 Å². The van der Waals surface area contributed by atoms with Crippen LogP contribution in [0.2, 0.25) is 0 Å². The number of ketones is 1. The fourth-order valence-corrected chi connectivity index (χ4v) is 3.10. The van der Waals surface area contributed by atoms with Crippen LogP contribution in [0.3, 0.4) is 0 Å². The van der Waals surface area contributed by atoms with Crippen LogP contribution in [0, 0.1) is 11.8 Å². The lowest BCUT2D eigenvalue weighted by molar-refractivity contribution is 0.101. The maximum atomic E-state index is 12.1. The number of aromatic amines is 1. The molecule has 1 aliphatic carbocycles. The van der Waals surface area contributed by atoms with E-state index < -0.39 is 11.2 Å². The lowest BCUT2D eigenvalue weighted by atomic mass is 9.81. The molecule has 0 aliphatic heterocycles. The van der Waals surface area contributed by atoms with Crippen LogP contribution in [0.15, 0.2) is 15.8 Å². The van der Waals surface area contributed by atoms with Crippen molar-refractivity contribution >= 4 is 5.78 Å². The maximum Gasteiger partial charge on any atom is 0.328 e. The second-order valence-corrected chi connectivity index (χ2v) is 5.95. The Morgan fingerprint density at radius 3 is 2.80 bits per heavy atom. The molecular weight excluding hydrogens is 256 g/mol. The van der Waals surface area contributed by atoms with E-state index in [1.165, 1.54) is 38.8 Å². The van der Waals surface area contributed by atoms with Crippen LogP contribution in [0.25, 0.3) is 0 Å². The summed E-state index contributed by atoms with van der Waals surface area (Å²) >= 11 is 0. The molecule has 0 saturated heterocycles. The van der Waals surface area contributed by atoms with E-state index in [4.69, 9.17) is 0 Å². The van der Waals surface area contributed by atoms with Gasteiger partial charge in [0.1, 0.15) is 0 Å². The SMILES string of the molecule is CC(=O)c1c[nH]c(=O)n(CCC2CCCC(C)C2)c1=O. The highest BCUT2D eigenvalue weighted by Gasteiger charge is 2.19. The topological polar surface area (TPSA) is 71.9 Å². The van der Waals surface area contributed by atoms with Crippen molar-refractivity contribution in [2.75, 3.05) is 0 Å². The van der Waals surface area contributed by atoms with Crippen LogP contribution in [-0.4, -0.2) is 15.3 Å². The number of H-pyrrole nitrogens is 1. The van der Waals surface area contributed by atoms with Crippen molar-refractivity contribution in [3.05, 3.63) is 32.6 Å². The Morgan fingerprint density at radius 1 is 1.40 bits per heavy atom. The van der Waals surface area contributed by atoms with E-state index in [9.17, 15) is 14.4 Å². The predicted molar refractivity (Wildman–Crippen MR) is 77.1 cm³/mol. The van der Waals surface area contributed by atoms with Crippen molar-refractivity contribution in [1.29, 1.82) is 0 Å². The lowest BCUT2D eigenvalue weighted by Crippen LogP contribution is -2.38. The minimum absolute atomic E-state index is 0.0570. The summed E-state index contributed by atoms with van der Waals surface area (Å²) in [6.07, 6.45) is 6.88. The smallest absolute Gasteiger partial charge is 0.313 e. The Balaban J connectivity index is 2.13. The van der Waals surface area contributed by atoms with Crippen LogP contribution in [0.4, 0.5) is 0 Å². The Hall–Kier alpha value is -1.65. The van der Waals surface area contributed by atoms with Gasteiger partial charge in [-0.3, -0.25) is 14.2 Å². The number of hydrogen-bond donors (Lipinski definition) is 1. The second kappa shape index (κ2) is 6.20. The third-order valence-electron chi connectivity index (χ3n) is 4.25. The number of nitrogens with zero attached hydrogens (tertiary/aromatic N) is 1. The normalized spacial score (nSPS) is 22.7. The summed E-state index contributed by atoms with van der Waals surface area (Å²) in [7, 11) is 0. The molecule has 1 fully saturated rings. The molecule has 0 spiro atoms. The molecule has 1 N–H and O–H groups in total. The summed E-state index contributed by atoms with van der Waals surface area (Å²) in [6.45, 7) is 3.98. The van der Waals surface area contributed by atoms with Crippen LogP contribution in [0.5, 0.6) is 0 Å². The number of rotatable bonds is 4. The Morgan fingerprint density at radius 2 is 2.15 bits per heavy atom. The fraction of sp³-hybridized carbons (Fsp3) is 0.667. The van der Waals surface area contributed by atoms with Gasteiger partial charge in [0, 0.05) is 12.7 Å². The predicted octanol–water partition coefficient (Wildman–Crippen LogP) is 1.96. The van der Waals surface area contributed by atoms with E-state index in [1.54, 1.807) is 0 Å². The summed E-state index contributed by atoms with van der Waals surface area (Å²) in [5, 5.41) is 0. The zero-order valence-corrected chi connectivity index (χ0v) is 12.1. The van der Waals surface area contributed by atoms with Crippen molar-refractivity contribution in [1.82, 2.24) is 9.55 Å². The molecule has 0 amide bonds. The van der Waals surface area contributed by atoms with Gasteiger partial charge in [0.05, 0.1) is 5.56 Å². The van der Waals surface area contributed by atoms with Gasteiger partial charge >= 0.3 is 5.69 Å². The first-order valence-electron chi connectivity index (χ1n) is 7.32. The van der Waals surface area contributed by atoms with E-state index >= 15 is 0 Å². The molecule has 0 aromatic carbocycles. The highest BCUT2D eigenvalue weighted by Crippen LogP contribution is 2.30. The first-order valence-corrected chi connectivity index (χ1v) is 7.32. The molecule has 1 aromatic heterocycles. The van der Waals surface area contributed by atoms with Crippen LogP contribution >= 0.6 is 0 Å². The zero-order chi connectivity index (χ0) is 14.7. The molecule has 2 rings (SSSR count). The van der Waals surface area contributed by atoms with Gasteiger partial charge in [-0.25, -0.2) is 4.79 Å². The quantitative estimate of drug-likeness (QED) is 0.856. The van der Waals surface area contributed by atoms with Gasteiger partial charge < -0.3 is 4.98 Å². The number of aromatic nitrogens is 2. The molecule has 5 nitrogen and oxygen atoms in total. The lowest BCUT2D eigenvalue weighted by Gasteiger charge is -2.26. The number of carbonyl (C=O) groups is 1. The molecule has 5 heteroatoms. The van der Waals surface area contributed by atoms with Crippen molar-refractivity contribution < 1.29 is 4.79 Å². The Labute approximate surface area is 118 Å². The maximum absolute atomic E-state index is 12.1. The number of carbonyl (C=O) groups excluding carboxylic acids is 1. The van der Waals surface area contributed by atoms with Crippen molar-refractivity contribution in [2.45, 2.75) is 52.5 Å². The molecular formula is C15H22N2O3. The third-order valence-corrected chi connectivity index (χ3v) is 4.25. The van der Waals surface area contributed by atoms with E-state index in [1.807, 2.05) is 0 Å². The highest BCUT2D eigenvalue weighted by atomic mass is 16.2. The van der Waals surface area contributed by atoms with Gasteiger partial charge in [0.2, 0.25) is 0 Å². The standard InChI is InChI=1S/C15H22N2O3/c1-10-4-3-5-12(8-10)6-7-17-14(19)13(11(2)18)9-16-15(17)20/h9-10,12H,3-8H2,1-2H3,(H,16,20). The molecule has 1 heterocycles. The van der Waals surface area contributed by atoms with Crippen LogP contribution in [-0.2, 0) is 6.54 Å². The van der Waals surface area contributed by atoms with Crippen LogP contribution < -0.4 is 11.2 Å². The number of nitrogens with one attached hydrogen (secondary N) is 1. The Bertz CT molecular complexity index is 600. The monoisotopic (exact) mass is 278 g/mol. The molecule has 20 heavy (non-hydrogen) atoms. The second-order valence-electron chi connectivity index (χ2n) is 5.95. The number of Topliss-reactive ketones (excluding diaryl/α,β-unsaturated/α-hetero) is 1. The summed E-state index contributed by atoms with van der Waals surface area (Å²) in [6, 6.07) is 0. The summed E-state index contributed by atoms with van der Waals surface area (Å²) in [5.74, 6) is 0.990. The average molecular weight is 278 g/mol. The molecule has 1 aliphatic rings. The zero-order valence-electron chi connectivity index (χ0n) is 12.1. The third kappa shape index (κ3) is 3.26. The van der Waals surface area contributed by atoms with Crippen molar-refractivity contribution in [2.24, 2.45) is 11.8 Å². The first kappa shape index (κ1) is 14.8. The first-order chi connectivity index (χ1) is 9.49. The molecule has 0 bridgehead atoms. The van der Waals surface area contributed by atoms with Crippen molar-refractivity contribution in [3.8, 4) is 0 Å².